The van der Waals surface area contributed by atoms with Gasteiger partial charge in [0.1, 0.15) is 29.6 Å². The summed E-state index contributed by atoms with van der Waals surface area (Å²) in [5.74, 6) is 0.782. The zero-order chi connectivity index (χ0) is 17.4. The number of carbonyl (C=O) groups excluding carboxylic acids is 1. The average Bonchev–Trinajstić information content (AvgIpc) is 3.23. The summed E-state index contributed by atoms with van der Waals surface area (Å²) in [6.45, 7) is 5.27. The molecule has 0 unspecified atom stereocenters. The summed E-state index contributed by atoms with van der Waals surface area (Å²) < 4.78 is 7.46. The van der Waals surface area contributed by atoms with E-state index in [1.807, 2.05) is 43.6 Å². The molecule has 3 heterocycles. The summed E-state index contributed by atoms with van der Waals surface area (Å²) in [6.07, 6.45) is 3.55. The van der Waals surface area contributed by atoms with E-state index in [-0.39, 0.29) is 12.5 Å². The lowest BCUT2D eigenvalue weighted by molar-refractivity contribution is -0.119. The Labute approximate surface area is 149 Å². The standard InChI is InChI=1S/C18H18N4O2S/c1-12-3-4-16-15(7-12)22(5-6-24-16)17(23)9-21-8-14(19-11-21)18-20-13(2)10-25-18/h3-4,7-8,10-11H,5-6,9H2,1-2H3. The minimum Gasteiger partial charge on any atom is -0.490 e. The number of fused-ring (bicyclic) bond motifs is 1. The highest BCUT2D eigenvalue weighted by atomic mass is 32.1. The Kier molecular flexibility index (Phi) is 4.01. The molecule has 0 N–H and O–H groups in total. The Balaban J connectivity index is 1.54. The van der Waals surface area contributed by atoms with Crippen molar-refractivity contribution in [2.45, 2.75) is 20.4 Å². The molecule has 1 aliphatic heterocycles. The Morgan fingerprint density at radius 1 is 1.36 bits per heavy atom. The number of thiazole rings is 1. The van der Waals surface area contributed by atoms with Crippen LogP contribution in [-0.4, -0.2) is 33.6 Å². The monoisotopic (exact) mass is 354 g/mol. The van der Waals surface area contributed by atoms with Gasteiger partial charge < -0.3 is 14.2 Å². The molecule has 0 fully saturated rings. The first-order chi connectivity index (χ1) is 12.1. The number of aromatic nitrogens is 3. The van der Waals surface area contributed by atoms with Crippen LogP contribution in [0, 0.1) is 13.8 Å². The lowest BCUT2D eigenvalue weighted by atomic mass is 10.1. The third kappa shape index (κ3) is 3.15. The van der Waals surface area contributed by atoms with Gasteiger partial charge in [0.2, 0.25) is 5.91 Å². The first-order valence-corrected chi connectivity index (χ1v) is 8.96. The SMILES string of the molecule is Cc1ccc2c(c1)N(C(=O)Cn1cnc(-c3nc(C)cs3)c1)CCO2. The van der Waals surface area contributed by atoms with E-state index in [0.29, 0.717) is 13.2 Å². The molecule has 1 aromatic carbocycles. The maximum atomic E-state index is 12.8. The predicted molar refractivity (Wildman–Crippen MR) is 97.1 cm³/mol. The molecule has 128 valence electrons. The van der Waals surface area contributed by atoms with Crippen molar-refractivity contribution in [2.24, 2.45) is 0 Å². The Morgan fingerprint density at radius 2 is 2.24 bits per heavy atom. The number of anilines is 1. The zero-order valence-corrected chi connectivity index (χ0v) is 14.9. The van der Waals surface area contributed by atoms with E-state index in [9.17, 15) is 4.79 Å². The molecule has 0 saturated heterocycles. The lowest BCUT2D eigenvalue weighted by Crippen LogP contribution is -2.39. The Hall–Kier alpha value is -2.67. The summed E-state index contributed by atoms with van der Waals surface area (Å²) in [6, 6.07) is 5.90. The average molecular weight is 354 g/mol. The number of amides is 1. The number of carbonyl (C=O) groups is 1. The van der Waals surface area contributed by atoms with Gasteiger partial charge in [0.05, 0.1) is 18.6 Å². The molecular formula is C18H18N4O2S. The number of hydrogen-bond donors (Lipinski definition) is 0. The lowest BCUT2D eigenvalue weighted by Gasteiger charge is -2.30. The van der Waals surface area contributed by atoms with Crippen LogP contribution in [0.3, 0.4) is 0 Å². The molecule has 1 aliphatic rings. The van der Waals surface area contributed by atoms with Crippen molar-refractivity contribution in [3.05, 3.63) is 47.4 Å². The fourth-order valence-corrected chi connectivity index (χ4v) is 3.61. The van der Waals surface area contributed by atoms with Crippen molar-refractivity contribution < 1.29 is 9.53 Å². The molecule has 0 bridgehead atoms. The summed E-state index contributed by atoms with van der Waals surface area (Å²) in [7, 11) is 0. The predicted octanol–water partition coefficient (Wildman–Crippen LogP) is 3.05. The third-order valence-electron chi connectivity index (χ3n) is 4.07. The van der Waals surface area contributed by atoms with E-state index in [1.54, 1.807) is 27.1 Å². The molecule has 0 atom stereocenters. The van der Waals surface area contributed by atoms with E-state index in [0.717, 1.165) is 33.4 Å². The minimum atomic E-state index is 0.0226. The molecule has 1 amide bonds. The van der Waals surface area contributed by atoms with Crippen LogP contribution in [-0.2, 0) is 11.3 Å². The van der Waals surface area contributed by atoms with E-state index < -0.39 is 0 Å². The van der Waals surface area contributed by atoms with Crippen LogP contribution < -0.4 is 9.64 Å². The molecule has 3 aromatic rings. The van der Waals surface area contributed by atoms with Crippen molar-refractivity contribution in [1.29, 1.82) is 0 Å². The van der Waals surface area contributed by atoms with Crippen molar-refractivity contribution in [2.75, 3.05) is 18.1 Å². The molecule has 0 aliphatic carbocycles. The van der Waals surface area contributed by atoms with Crippen LogP contribution in [0.1, 0.15) is 11.3 Å². The number of aryl methyl sites for hydroxylation is 2. The van der Waals surface area contributed by atoms with Gasteiger partial charge >= 0.3 is 0 Å². The van der Waals surface area contributed by atoms with Crippen LogP contribution in [0.15, 0.2) is 36.1 Å². The molecular weight excluding hydrogens is 336 g/mol. The second kappa shape index (κ2) is 6.33. The highest BCUT2D eigenvalue weighted by Gasteiger charge is 2.24. The van der Waals surface area contributed by atoms with Crippen LogP contribution in [0.5, 0.6) is 5.75 Å². The Bertz CT molecular complexity index is 931. The second-order valence-corrected chi connectivity index (χ2v) is 6.95. The van der Waals surface area contributed by atoms with Gasteiger partial charge in [-0.3, -0.25) is 4.79 Å². The van der Waals surface area contributed by atoms with Crippen LogP contribution in [0.4, 0.5) is 5.69 Å². The van der Waals surface area contributed by atoms with Crippen molar-refractivity contribution in [3.63, 3.8) is 0 Å². The summed E-state index contributed by atoms with van der Waals surface area (Å²) in [5.41, 5.74) is 3.72. The maximum Gasteiger partial charge on any atom is 0.247 e. The number of imidazole rings is 1. The van der Waals surface area contributed by atoms with Crippen molar-refractivity contribution in [1.82, 2.24) is 14.5 Å². The van der Waals surface area contributed by atoms with E-state index in [2.05, 4.69) is 9.97 Å². The summed E-state index contributed by atoms with van der Waals surface area (Å²) in [5, 5.41) is 2.86. The molecule has 0 radical (unpaired) electrons. The van der Waals surface area contributed by atoms with Gasteiger partial charge in [-0.15, -0.1) is 11.3 Å². The van der Waals surface area contributed by atoms with Crippen molar-refractivity contribution >= 4 is 22.9 Å². The van der Waals surface area contributed by atoms with Gasteiger partial charge in [0.15, 0.2) is 0 Å². The van der Waals surface area contributed by atoms with Gasteiger partial charge in [0.25, 0.3) is 0 Å². The van der Waals surface area contributed by atoms with Gasteiger partial charge in [-0.2, -0.15) is 0 Å². The molecule has 4 rings (SSSR count). The Morgan fingerprint density at radius 3 is 3.04 bits per heavy atom. The van der Waals surface area contributed by atoms with E-state index in [4.69, 9.17) is 4.74 Å². The number of rotatable bonds is 3. The highest BCUT2D eigenvalue weighted by Crippen LogP contribution is 2.32. The van der Waals surface area contributed by atoms with Gasteiger partial charge in [-0.1, -0.05) is 6.07 Å². The largest absolute Gasteiger partial charge is 0.490 e. The second-order valence-electron chi connectivity index (χ2n) is 6.09. The first-order valence-electron chi connectivity index (χ1n) is 8.08. The van der Waals surface area contributed by atoms with Gasteiger partial charge in [0, 0.05) is 17.3 Å². The molecule has 6 nitrogen and oxygen atoms in total. The number of hydrogen-bond acceptors (Lipinski definition) is 5. The molecule has 25 heavy (non-hydrogen) atoms. The number of nitrogens with zero attached hydrogens (tertiary/aromatic N) is 4. The van der Waals surface area contributed by atoms with Gasteiger partial charge in [-0.05, 0) is 31.5 Å². The molecule has 0 saturated carbocycles. The zero-order valence-electron chi connectivity index (χ0n) is 14.1. The topological polar surface area (TPSA) is 60.2 Å². The quantitative estimate of drug-likeness (QED) is 0.725. The highest BCUT2D eigenvalue weighted by molar-refractivity contribution is 7.13. The van der Waals surface area contributed by atoms with Crippen molar-refractivity contribution in [3.8, 4) is 16.5 Å². The molecule has 7 heteroatoms. The van der Waals surface area contributed by atoms with Crippen LogP contribution >= 0.6 is 11.3 Å². The first kappa shape index (κ1) is 15.8. The van der Waals surface area contributed by atoms with E-state index in [1.165, 1.54) is 0 Å². The fraction of sp³-hybridized carbons (Fsp3) is 0.278. The summed E-state index contributed by atoms with van der Waals surface area (Å²) in [4.78, 5) is 23.4. The van der Waals surface area contributed by atoms with E-state index >= 15 is 0 Å². The van der Waals surface area contributed by atoms with Crippen LogP contribution in [0.2, 0.25) is 0 Å². The smallest absolute Gasteiger partial charge is 0.247 e. The normalized spacial score (nSPS) is 13.4. The number of ether oxygens (including phenoxy) is 1. The number of benzene rings is 1. The fourth-order valence-electron chi connectivity index (χ4n) is 2.86. The van der Waals surface area contributed by atoms with Gasteiger partial charge in [-0.25, -0.2) is 9.97 Å². The third-order valence-corrected chi connectivity index (χ3v) is 5.05. The minimum absolute atomic E-state index is 0.0226. The maximum absolute atomic E-state index is 12.8. The summed E-state index contributed by atoms with van der Waals surface area (Å²) >= 11 is 1.56. The molecule has 0 spiro atoms. The van der Waals surface area contributed by atoms with Crippen LogP contribution in [0.25, 0.3) is 10.7 Å². The molecule has 2 aromatic heterocycles.